The fourth-order valence-electron chi connectivity index (χ4n) is 3.89. The van der Waals surface area contributed by atoms with Crippen LogP contribution in [0.15, 0.2) is 97.1 Å². The van der Waals surface area contributed by atoms with E-state index in [2.05, 4.69) is 64.1 Å². The van der Waals surface area contributed by atoms with Gasteiger partial charge in [-0.2, -0.15) is 0 Å². The molecule has 4 aromatic carbocycles. The van der Waals surface area contributed by atoms with E-state index < -0.39 is 11.9 Å². The van der Waals surface area contributed by atoms with E-state index in [1.54, 1.807) is 60.7 Å². The van der Waals surface area contributed by atoms with Gasteiger partial charge in [0.1, 0.15) is 0 Å². The number of hydrogen-bond donors (Lipinski definition) is 2. The molecule has 178 valence electrons. The molecule has 0 aliphatic heterocycles. The zero-order valence-electron chi connectivity index (χ0n) is 20.4. The van der Waals surface area contributed by atoms with Crippen molar-refractivity contribution in [3.63, 3.8) is 0 Å². The number of fused-ring (bicyclic) bond motifs is 4. The van der Waals surface area contributed by atoms with Crippen LogP contribution >= 0.6 is 0 Å². The second-order valence-corrected chi connectivity index (χ2v) is 9.37. The van der Waals surface area contributed by atoms with Crippen molar-refractivity contribution in [2.75, 3.05) is 0 Å². The highest BCUT2D eigenvalue weighted by Crippen LogP contribution is 2.51. The maximum absolute atomic E-state index is 10.2. The zero-order chi connectivity index (χ0) is 25.6. The topological polar surface area (TPSA) is 74.6 Å². The minimum absolute atomic E-state index is 0.215. The van der Waals surface area contributed by atoms with Crippen LogP contribution in [-0.4, -0.2) is 22.2 Å². The first-order valence-electron chi connectivity index (χ1n) is 11.4. The van der Waals surface area contributed by atoms with Crippen LogP contribution in [0.4, 0.5) is 0 Å². The normalized spacial score (nSPS) is 10.7. The Bertz CT molecular complexity index is 1270. The van der Waals surface area contributed by atoms with E-state index in [1.807, 2.05) is 0 Å². The van der Waals surface area contributed by atoms with E-state index in [9.17, 15) is 9.59 Å². The molecule has 1 aliphatic carbocycles. The van der Waals surface area contributed by atoms with Crippen LogP contribution in [0.25, 0.3) is 22.3 Å². The first kappa shape index (κ1) is 25.4. The van der Waals surface area contributed by atoms with E-state index in [0.717, 1.165) is 0 Å². The van der Waals surface area contributed by atoms with Crippen molar-refractivity contribution in [2.45, 2.75) is 33.1 Å². The summed E-state index contributed by atoms with van der Waals surface area (Å²) in [6.07, 6.45) is 0. The van der Waals surface area contributed by atoms with Crippen molar-refractivity contribution in [1.29, 1.82) is 0 Å². The Balaban J connectivity index is 0.000000162. The summed E-state index contributed by atoms with van der Waals surface area (Å²) in [4.78, 5) is 20.4. The summed E-state index contributed by atoms with van der Waals surface area (Å²) in [5.74, 6) is -1.76. The predicted molar refractivity (Wildman–Crippen MR) is 141 cm³/mol. The highest BCUT2D eigenvalue weighted by molar-refractivity contribution is 6.04. The number of carboxylic acid groups (broad SMARTS) is 2. The summed E-state index contributed by atoms with van der Waals surface area (Å²) in [7, 11) is 0. The second kappa shape index (κ2) is 10.8. The third-order valence-corrected chi connectivity index (χ3v) is 5.65. The van der Waals surface area contributed by atoms with E-state index >= 15 is 0 Å². The zero-order valence-corrected chi connectivity index (χ0v) is 20.4. The molecule has 0 heterocycles. The predicted octanol–water partition coefficient (Wildman–Crippen LogP) is 7.71. The fraction of sp³-hybridized carbons (Fsp3) is 0.161. The number of benzene rings is 4. The van der Waals surface area contributed by atoms with Gasteiger partial charge in [-0.1, -0.05) is 99.1 Å². The quantitative estimate of drug-likeness (QED) is 0.279. The van der Waals surface area contributed by atoms with Crippen LogP contribution < -0.4 is 0 Å². The molecule has 0 unspecified atom stereocenters. The summed E-state index contributed by atoms with van der Waals surface area (Å²) in [6, 6.07) is 30.0. The smallest absolute Gasteiger partial charge is 0.335 e. The molecule has 0 aromatic heterocycles. The second-order valence-electron chi connectivity index (χ2n) is 9.37. The molecule has 0 radical (unpaired) electrons. The van der Waals surface area contributed by atoms with E-state index in [-0.39, 0.29) is 5.41 Å². The number of carbonyl (C=O) groups is 2. The van der Waals surface area contributed by atoms with Gasteiger partial charge in [0.15, 0.2) is 0 Å². The van der Waals surface area contributed by atoms with Gasteiger partial charge >= 0.3 is 11.9 Å². The minimum Gasteiger partial charge on any atom is -0.478 e. The lowest BCUT2D eigenvalue weighted by molar-refractivity contribution is 0.0686. The molecule has 2 N–H and O–H groups in total. The van der Waals surface area contributed by atoms with Crippen molar-refractivity contribution in [2.24, 2.45) is 0 Å². The Morgan fingerprint density at radius 1 is 0.600 bits per heavy atom. The summed E-state index contributed by atoms with van der Waals surface area (Å²) < 4.78 is 0. The molecular weight excluding hydrogens is 436 g/mol. The average Bonchev–Trinajstić information content (AvgIpc) is 2.84. The molecule has 35 heavy (non-hydrogen) atoms. The van der Waals surface area contributed by atoms with Crippen LogP contribution in [0, 0.1) is 6.92 Å². The molecular formula is C31H30O4. The van der Waals surface area contributed by atoms with Crippen LogP contribution in [0.5, 0.6) is 0 Å². The van der Waals surface area contributed by atoms with Gasteiger partial charge in [-0.15, -0.1) is 0 Å². The summed E-state index contributed by atoms with van der Waals surface area (Å²) in [6.45, 7) is 9.03. The van der Waals surface area contributed by atoms with Gasteiger partial charge in [0.05, 0.1) is 11.1 Å². The molecule has 5 rings (SSSR count). The van der Waals surface area contributed by atoms with Crippen molar-refractivity contribution in [3.8, 4) is 22.3 Å². The number of rotatable bonds is 2. The van der Waals surface area contributed by atoms with Gasteiger partial charge in [-0.05, 0) is 64.4 Å². The number of aromatic carboxylic acids is 2. The minimum atomic E-state index is -0.879. The van der Waals surface area contributed by atoms with E-state index in [4.69, 9.17) is 10.2 Å². The summed E-state index contributed by atoms with van der Waals surface area (Å²) in [5.41, 5.74) is 9.43. The highest BCUT2D eigenvalue weighted by atomic mass is 16.4. The highest BCUT2D eigenvalue weighted by Gasteiger charge is 2.29. The van der Waals surface area contributed by atoms with E-state index in [0.29, 0.717) is 11.1 Å². The first-order valence-corrected chi connectivity index (χ1v) is 11.4. The first-order chi connectivity index (χ1) is 16.6. The molecule has 0 saturated heterocycles. The maximum Gasteiger partial charge on any atom is 0.335 e. The van der Waals surface area contributed by atoms with E-state index in [1.165, 1.54) is 33.4 Å². The van der Waals surface area contributed by atoms with Crippen LogP contribution in [0.3, 0.4) is 0 Å². The molecule has 0 saturated carbocycles. The lowest BCUT2D eigenvalue weighted by Crippen LogP contribution is -2.16. The number of aryl methyl sites for hydroxylation is 1. The van der Waals surface area contributed by atoms with Gasteiger partial charge < -0.3 is 10.2 Å². The average molecular weight is 467 g/mol. The Kier molecular flexibility index (Phi) is 7.87. The van der Waals surface area contributed by atoms with Crippen molar-refractivity contribution in [3.05, 3.63) is 119 Å². The lowest BCUT2D eigenvalue weighted by atomic mass is 9.71. The molecule has 0 spiro atoms. The Morgan fingerprint density at radius 3 is 1.54 bits per heavy atom. The molecule has 4 nitrogen and oxygen atoms in total. The van der Waals surface area contributed by atoms with Gasteiger partial charge in [-0.3, -0.25) is 0 Å². The number of carboxylic acids is 2. The SMILES string of the molecule is Cc1ccc2c(c1)-c1c-2cccc1C(C)(C)C.O=C(O)c1ccccc1.O=C(O)c1ccccc1. The van der Waals surface area contributed by atoms with Gasteiger partial charge in [-0.25, -0.2) is 9.59 Å². The van der Waals surface area contributed by atoms with Crippen LogP contribution in [-0.2, 0) is 5.41 Å². The monoisotopic (exact) mass is 466 g/mol. The molecule has 1 aliphatic rings. The molecule has 0 amide bonds. The third kappa shape index (κ3) is 6.24. The van der Waals surface area contributed by atoms with Crippen LogP contribution in [0.1, 0.15) is 52.6 Å². The molecule has 0 atom stereocenters. The molecule has 0 fully saturated rings. The summed E-state index contributed by atoms with van der Waals surface area (Å²) in [5, 5.41) is 16.8. The van der Waals surface area contributed by atoms with Crippen molar-refractivity contribution >= 4 is 11.9 Å². The molecule has 4 heteroatoms. The largest absolute Gasteiger partial charge is 0.478 e. The van der Waals surface area contributed by atoms with Gasteiger partial charge in [0.2, 0.25) is 0 Å². The summed E-state index contributed by atoms with van der Waals surface area (Å²) >= 11 is 0. The fourth-order valence-corrected chi connectivity index (χ4v) is 3.89. The molecule has 0 bridgehead atoms. The van der Waals surface area contributed by atoms with Gasteiger partial charge in [0.25, 0.3) is 0 Å². The van der Waals surface area contributed by atoms with Crippen LogP contribution in [0.2, 0.25) is 0 Å². The van der Waals surface area contributed by atoms with Crippen molar-refractivity contribution < 1.29 is 19.8 Å². The standard InChI is InChI=1S/C17H18.2C7H6O2/c1-11-8-9-12-13-6-5-7-15(17(2,3)4)16(13)14(12)10-11;2*8-7(9)6-4-2-1-3-5-6/h5-10H,1-4H3;2*1-5H,(H,8,9). The third-order valence-electron chi connectivity index (χ3n) is 5.65. The Hall–Kier alpha value is -4.18. The maximum atomic E-state index is 10.2. The lowest BCUT2D eigenvalue weighted by Gasteiger charge is -2.32. The Morgan fingerprint density at radius 2 is 1.11 bits per heavy atom. The Labute approximate surface area is 206 Å². The number of hydrogen-bond acceptors (Lipinski definition) is 2. The van der Waals surface area contributed by atoms with Gasteiger partial charge in [0, 0.05) is 0 Å². The van der Waals surface area contributed by atoms with Crippen molar-refractivity contribution in [1.82, 2.24) is 0 Å². The molecule has 4 aromatic rings.